The van der Waals surface area contributed by atoms with Crippen molar-refractivity contribution >= 4 is 21.4 Å². The number of sulfonamides is 1. The highest BCUT2D eigenvalue weighted by atomic mass is 32.2. The minimum atomic E-state index is -4.03. The Kier molecular flexibility index (Phi) is 4.91. The van der Waals surface area contributed by atoms with Crippen LogP contribution in [-0.2, 0) is 10.0 Å². The quantitative estimate of drug-likeness (QED) is 0.824. The molecule has 2 aromatic rings. The molecule has 0 aliphatic carbocycles. The summed E-state index contributed by atoms with van der Waals surface area (Å²) in [7, 11) is -2.27. The second-order valence-corrected chi connectivity index (χ2v) is 7.59. The van der Waals surface area contributed by atoms with E-state index in [9.17, 15) is 17.2 Å². The largest absolute Gasteiger partial charge is 0.470 e. The topological polar surface area (TPSA) is 58.6 Å². The number of para-hydroxylation sites is 1. The van der Waals surface area contributed by atoms with E-state index in [4.69, 9.17) is 4.74 Å². The molecule has 0 fully saturated rings. The molecule has 0 aromatic heterocycles. The summed E-state index contributed by atoms with van der Waals surface area (Å²) in [5.74, 6) is -1.16. The second-order valence-electron chi connectivity index (χ2n) is 5.67. The fourth-order valence-corrected chi connectivity index (χ4v) is 4.52. The highest BCUT2D eigenvalue weighted by molar-refractivity contribution is 7.93. The van der Waals surface area contributed by atoms with Gasteiger partial charge in [0.15, 0.2) is 0 Å². The van der Waals surface area contributed by atoms with Gasteiger partial charge in [0, 0.05) is 12.5 Å². The van der Waals surface area contributed by atoms with E-state index in [1.54, 1.807) is 13.1 Å². The van der Waals surface area contributed by atoms with Crippen LogP contribution in [0.5, 0.6) is 5.75 Å². The first-order valence-electron chi connectivity index (χ1n) is 7.84. The van der Waals surface area contributed by atoms with Crippen molar-refractivity contribution in [1.29, 1.82) is 0 Å². The Labute approximate surface area is 145 Å². The van der Waals surface area contributed by atoms with Gasteiger partial charge in [-0.1, -0.05) is 12.1 Å². The van der Waals surface area contributed by atoms with Crippen LogP contribution in [0.4, 0.5) is 20.2 Å². The zero-order valence-electron chi connectivity index (χ0n) is 13.6. The SMILES string of the molecule is CNCCC[C@@H]1Oc2cc(F)ccc2N(c2ccccc2F)S1(=O)=O. The Hall–Kier alpha value is -2.19. The number of rotatable bonds is 5. The lowest BCUT2D eigenvalue weighted by atomic mass is 10.2. The second kappa shape index (κ2) is 6.97. The highest BCUT2D eigenvalue weighted by Gasteiger charge is 2.41. The molecule has 1 N–H and O–H groups in total. The van der Waals surface area contributed by atoms with Crippen LogP contribution in [0.25, 0.3) is 0 Å². The van der Waals surface area contributed by atoms with Crippen LogP contribution in [0.2, 0.25) is 0 Å². The van der Waals surface area contributed by atoms with E-state index < -0.39 is 27.1 Å². The number of benzene rings is 2. The maximum atomic E-state index is 14.3. The summed E-state index contributed by atoms with van der Waals surface area (Å²) in [5.41, 5.74) is -1.23. The first-order valence-corrected chi connectivity index (χ1v) is 9.35. The predicted octanol–water partition coefficient (Wildman–Crippen LogP) is 3.15. The molecular formula is C17H18F2N2O3S. The van der Waals surface area contributed by atoms with Crippen molar-refractivity contribution in [1.82, 2.24) is 5.32 Å². The van der Waals surface area contributed by atoms with E-state index in [0.717, 1.165) is 16.4 Å². The third kappa shape index (κ3) is 3.32. The Morgan fingerprint density at radius 2 is 1.92 bits per heavy atom. The van der Waals surface area contributed by atoms with Crippen LogP contribution in [0.1, 0.15) is 12.8 Å². The van der Waals surface area contributed by atoms with Gasteiger partial charge in [0.05, 0.1) is 11.4 Å². The van der Waals surface area contributed by atoms with Crippen LogP contribution in [-0.4, -0.2) is 27.4 Å². The molecule has 2 aromatic carbocycles. The monoisotopic (exact) mass is 368 g/mol. The first kappa shape index (κ1) is 17.6. The molecule has 1 aliphatic heterocycles. The van der Waals surface area contributed by atoms with Gasteiger partial charge in [-0.05, 0) is 44.3 Å². The molecule has 5 nitrogen and oxygen atoms in total. The molecule has 1 heterocycles. The number of nitrogens with one attached hydrogen (secondary N) is 1. The molecule has 0 saturated carbocycles. The molecule has 0 radical (unpaired) electrons. The van der Waals surface area contributed by atoms with Crippen molar-refractivity contribution in [2.45, 2.75) is 18.3 Å². The van der Waals surface area contributed by atoms with Crippen molar-refractivity contribution in [3.63, 3.8) is 0 Å². The van der Waals surface area contributed by atoms with Gasteiger partial charge in [-0.15, -0.1) is 0 Å². The summed E-state index contributed by atoms with van der Waals surface area (Å²) < 4.78 is 60.4. The normalized spacial score (nSPS) is 18.5. The average Bonchev–Trinajstić information content (AvgIpc) is 2.57. The van der Waals surface area contributed by atoms with Crippen molar-refractivity contribution < 1.29 is 21.9 Å². The first-order chi connectivity index (χ1) is 11.9. The van der Waals surface area contributed by atoms with Gasteiger partial charge < -0.3 is 10.1 Å². The van der Waals surface area contributed by atoms with E-state index in [1.807, 2.05) is 0 Å². The van der Waals surface area contributed by atoms with Crippen LogP contribution in [0.3, 0.4) is 0 Å². The van der Waals surface area contributed by atoms with E-state index in [0.29, 0.717) is 13.0 Å². The van der Waals surface area contributed by atoms with Crippen molar-refractivity contribution in [2.24, 2.45) is 0 Å². The number of anilines is 2. The Morgan fingerprint density at radius 1 is 1.16 bits per heavy atom. The molecule has 0 saturated heterocycles. The molecule has 0 bridgehead atoms. The molecule has 134 valence electrons. The molecule has 0 spiro atoms. The number of nitrogens with zero attached hydrogens (tertiary/aromatic N) is 1. The van der Waals surface area contributed by atoms with Crippen LogP contribution in [0.15, 0.2) is 42.5 Å². The lowest BCUT2D eigenvalue weighted by Gasteiger charge is -2.35. The molecule has 1 atom stereocenters. The van der Waals surface area contributed by atoms with Crippen LogP contribution < -0.4 is 14.4 Å². The minimum absolute atomic E-state index is 0.0764. The van der Waals surface area contributed by atoms with Crippen LogP contribution >= 0.6 is 0 Å². The van der Waals surface area contributed by atoms with Gasteiger partial charge in [0.2, 0.25) is 5.44 Å². The standard InChI is InChI=1S/C17H18F2N2O3S/c1-20-10-4-7-17-24-16-11-12(18)8-9-15(16)21(25(17,22)23)14-6-3-2-5-13(14)19/h2-3,5-6,8-9,11,17,20H,4,7,10H2,1H3/t17-/m1/s1. The molecule has 3 rings (SSSR count). The summed E-state index contributed by atoms with van der Waals surface area (Å²) in [4.78, 5) is 0. The zero-order valence-corrected chi connectivity index (χ0v) is 14.4. The molecule has 0 unspecified atom stereocenters. The highest BCUT2D eigenvalue weighted by Crippen LogP contribution is 2.44. The lowest BCUT2D eigenvalue weighted by molar-refractivity contribution is 0.253. The molecule has 0 amide bonds. The fourth-order valence-electron chi connectivity index (χ4n) is 2.74. The summed E-state index contributed by atoms with van der Waals surface area (Å²) >= 11 is 0. The number of ether oxygens (including phenoxy) is 1. The summed E-state index contributed by atoms with van der Waals surface area (Å²) in [5, 5.41) is 2.93. The maximum Gasteiger partial charge on any atom is 0.278 e. The number of hydrogen-bond acceptors (Lipinski definition) is 4. The van der Waals surface area contributed by atoms with Gasteiger partial charge in [-0.3, -0.25) is 0 Å². The zero-order chi connectivity index (χ0) is 18.0. The Bertz CT molecular complexity index is 874. The maximum absolute atomic E-state index is 14.3. The van der Waals surface area contributed by atoms with Crippen molar-refractivity contribution in [2.75, 3.05) is 17.9 Å². The average molecular weight is 368 g/mol. The van der Waals surface area contributed by atoms with E-state index in [1.165, 1.54) is 24.3 Å². The fraction of sp³-hybridized carbons (Fsp3) is 0.294. The number of halogens is 2. The van der Waals surface area contributed by atoms with Gasteiger partial charge >= 0.3 is 0 Å². The van der Waals surface area contributed by atoms with Gasteiger partial charge in [0.25, 0.3) is 10.0 Å². The Morgan fingerprint density at radius 3 is 2.64 bits per heavy atom. The van der Waals surface area contributed by atoms with Crippen molar-refractivity contribution in [3.8, 4) is 5.75 Å². The number of hydrogen-bond donors (Lipinski definition) is 1. The molecule has 1 aliphatic rings. The lowest BCUT2D eigenvalue weighted by Crippen LogP contribution is -2.43. The van der Waals surface area contributed by atoms with Gasteiger partial charge in [-0.2, -0.15) is 0 Å². The summed E-state index contributed by atoms with van der Waals surface area (Å²) in [6.07, 6.45) is 0.736. The summed E-state index contributed by atoms with van der Waals surface area (Å²) in [6, 6.07) is 9.08. The van der Waals surface area contributed by atoms with E-state index >= 15 is 0 Å². The third-order valence-electron chi connectivity index (χ3n) is 3.92. The molecule has 8 heteroatoms. The minimum Gasteiger partial charge on any atom is -0.470 e. The summed E-state index contributed by atoms with van der Waals surface area (Å²) in [6.45, 7) is 0.602. The molecular weight excluding hydrogens is 350 g/mol. The Balaban J connectivity index is 2.12. The van der Waals surface area contributed by atoms with Gasteiger partial charge in [0.1, 0.15) is 17.4 Å². The predicted molar refractivity (Wildman–Crippen MR) is 91.4 cm³/mol. The van der Waals surface area contributed by atoms with E-state index in [-0.39, 0.29) is 23.5 Å². The number of fused-ring (bicyclic) bond motifs is 1. The van der Waals surface area contributed by atoms with Crippen LogP contribution in [0, 0.1) is 11.6 Å². The van der Waals surface area contributed by atoms with Crippen molar-refractivity contribution in [3.05, 3.63) is 54.1 Å². The van der Waals surface area contributed by atoms with Gasteiger partial charge in [-0.25, -0.2) is 21.5 Å². The third-order valence-corrected chi connectivity index (χ3v) is 5.82. The smallest absolute Gasteiger partial charge is 0.278 e. The van der Waals surface area contributed by atoms with E-state index in [2.05, 4.69) is 5.32 Å². The molecule has 25 heavy (non-hydrogen) atoms.